The number of carbonyl (C=O) groups excluding carboxylic acids is 2. The normalized spacial score (nSPS) is 10.0. The Hall–Kier alpha value is -3.02. The molecule has 120 valence electrons. The van der Waals surface area contributed by atoms with Crippen LogP contribution in [-0.2, 0) is 9.53 Å². The molecule has 6 nitrogen and oxygen atoms in total. The van der Waals surface area contributed by atoms with Gasteiger partial charge < -0.3 is 19.9 Å². The van der Waals surface area contributed by atoms with Gasteiger partial charge in [-0.15, -0.1) is 0 Å². The van der Waals surface area contributed by atoms with Gasteiger partial charge in [-0.3, -0.25) is 4.79 Å². The van der Waals surface area contributed by atoms with E-state index in [0.717, 1.165) is 5.56 Å². The summed E-state index contributed by atoms with van der Waals surface area (Å²) >= 11 is 0. The van der Waals surface area contributed by atoms with E-state index in [-0.39, 0.29) is 11.3 Å². The highest BCUT2D eigenvalue weighted by Gasteiger charge is 2.14. The minimum absolute atomic E-state index is 0.0212. The first kappa shape index (κ1) is 16.4. The number of esters is 1. The second-order valence-electron chi connectivity index (χ2n) is 4.87. The summed E-state index contributed by atoms with van der Waals surface area (Å²) in [5.74, 6) is -0.739. The molecule has 0 aromatic heterocycles. The number of phenols is 1. The van der Waals surface area contributed by atoms with Crippen molar-refractivity contribution in [3.8, 4) is 11.5 Å². The van der Waals surface area contributed by atoms with Gasteiger partial charge in [-0.2, -0.15) is 0 Å². The highest BCUT2D eigenvalue weighted by atomic mass is 16.5. The van der Waals surface area contributed by atoms with E-state index in [0.29, 0.717) is 11.4 Å². The highest BCUT2D eigenvalue weighted by molar-refractivity contribution is 5.96. The van der Waals surface area contributed by atoms with E-state index in [1.165, 1.54) is 12.1 Å². The number of carbonyl (C=O) groups is 2. The standard InChI is InChI=1S/C17H17NO5/c1-11-3-8-14(15(19)9-11)17(21)23-10-16(20)18-12-4-6-13(22-2)7-5-12/h3-9,19H,10H2,1-2H3,(H,18,20). The fourth-order valence-corrected chi connectivity index (χ4v) is 1.89. The molecule has 0 aliphatic carbocycles. The molecular formula is C17H17NO5. The molecule has 0 aliphatic rings. The van der Waals surface area contributed by atoms with Gasteiger partial charge in [-0.05, 0) is 48.9 Å². The van der Waals surface area contributed by atoms with Crippen molar-refractivity contribution in [3.63, 3.8) is 0 Å². The molecule has 0 saturated heterocycles. The lowest BCUT2D eigenvalue weighted by Gasteiger charge is -2.08. The van der Waals surface area contributed by atoms with Gasteiger partial charge in [0, 0.05) is 5.69 Å². The average molecular weight is 315 g/mol. The van der Waals surface area contributed by atoms with E-state index in [2.05, 4.69) is 5.32 Å². The van der Waals surface area contributed by atoms with E-state index in [1.807, 2.05) is 0 Å². The summed E-state index contributed by atoms with van der Waals surface area (Å²) in [7, 11) is 1.55. The predicted octanol–water partition coefficient (Wildman–Crippen LogP) is 2.50. The molecular weight excluding hydrogens is 298 g/mol. The van der Waals surface area contributed by atoms with Crippen LogP contribution < -0.4 is 10.1 Å². The van der Waals surface area contributed by atoms with Gasteiger partial charge in [0.05, 0.1) is 7.11 Å². The second-order valence-corrected chi connectivity index (χ2v) is 4.87. The van der Waals surface area contributed by atoms with Gasteiger partial charge in [0.2, 0.25) is 0 Å². The maximum absolute atomic E-state index is 11.8. The molecule has 1 amide bonds. The molecule has 2 aromatic carbocycles. The molecule has 2 aromatic rings. The Morgan fingerprint density at radius 2 is 1.83 bits per heavy atom. The van der Waals surface area contributed by atoms with Gasteiger partial charge in [0.25, 0.3) is 5.91 Å². The van der Waals surface area contributed by atoms with Crippen LogP contribution in [0.25, 0.3) is 0 Å². The van der Waals surface area contributed by atoms with Crippen LogP contribution in [0.4, 0.5) is 5.69 Å². The van der Waals surface area contributed by atoms with Gasteiger partial charge in [-0.25, -0.2) is 4.79 Å². The Balaban J connectivity index is 1.89. The molecule has 0 fully saturated rings. The number of benzene rings is 2. The molecule has 2 rings (SSSR count). The minimum atomic E-state index is -0.757. The first-order valence-corrected chi connectivity index (χ1v) is 6.90. The maximum Gasteiger partial charge on any atom is 0.342 e. The van der Waals surface area contributed by atoms with Crippen LogP contribution in [0.3, 0.4) is 0 Å². The Morgan fingerprint density at radius 3 is 2.43 bits per heavy atom. The SMILES string of the molecule is COc1ccc(NC(=O)COC(=O)c2ccc(C)cc2O)cc1. The number of methoxy groups -OCH3 is 1. The van der Waals surface area contributed by atoms with Crippen molar-refractivity contribution < 1.29 is 24.2 Å². The van der Waals surface area contributed by atoms with Crippen molar-refractivity contribution in [3.05, 3.63) is 53.6 Å². The van der Waals surface area contributed by atoms with Crippen molar-refractivity contribution in [2.24, 2.45) is 0 Å². The summed E-state index contributed by atoms with van der Waals surface area (Å²) in [5, 5.41) is 12.3. The summed E-state index contributed by atoms with van der Waals surface area (Å²) in [6.07, 6.45) is 0. The second kappa shape index (κ2) is 7.31. The van der Waals surface area contributed by atoms with E-state index >= 15 is 0 Å². The molecule has 0 atom stereocenters. The summed E-state index contributed by atoms with van der Waals surface area (Å²) in [6.45, 7) is 1.34. The molecule has 0 aliphatic heterocycles. The largest absolute Gasteiger partial charge is 0.507 e. The predicted molar refractivity (Wildman–Crippen MR) is 84.8 cm³/mol. The van der Waals surface area contributed by atoms with Crippen LogP contribution in [0, 0.1) is 6.92 Å². The Bertz CT molecular complexity index is 709. The minimum Gasteiger partial charge on any atom is -0.507 e. The molecule has 0 spiro atoms. The number of amides is 1. The number of aromatic hydroxyl groups is 1. The van der Waals surface area contributed by atoms with Crippen molar-refractivity contribution in [1.29, 1.82) is 0 Å². The average Bonchev–Trinajstić information content (AvgIpc) is 2.53. The molecule has 6 heteroatoms. The fourth-order valence-electron chi connectivity index (χ4n) is 1.89. The fraction of sp³-hybridized carbons (Fsp3) is 0.176. The van der Waals surface area contributed by atoms with Gasteiger partial charge >= 0.3 is 5.97 Å². The van der Waals surface area contributed by atoms with Crippen molar-refractivity contribution >= 4 is 17.6 Å². The molecule has 0 saturated carbocycles. The lowest BCUT2D eigenvalue weighted by molar-refractivity contribution is -0.119. The molecule has 2 N–H and O–H groups in total. The number of aryl methyl sites for hydroxylation is 1. The number of hydrogen-bond donors (Lipinski definition) is 2. The van der Waals surface area contributed by atoms with E-state index in [4.69, 9.17) is 9.47 Å². The zero-order valence-electron chi connectivity index (χ0n) is 12.8. The third-order valence-electron chi connectivity index (χ3n) is 3.08. The highest BCUT2D eigenvalue weighted by Crippen LogP contribution is 2.19. The van der Waals surface area contributed by atoms with Gasteiger partial charge in [0.15, 0.2) is 6.61 Å². The monoisotopic (exact) mass is 315 g/mol. The lowest BCUT2D eigenvalue weighted by atomic mass is 10.1. The van der Waals surface area contributed by atoms with Crippen LogP contribution >= 0.6 is 0 Å². The number of rotatable bonds is 5. The summed E-state index contributed by atoms with van der Waals surface area (Å²) < 4.78 is 9.91. The van der Waals surface area contributed by atoms with Crippen LogP contribution in [0.5, 0.6) is 11.5 Å². The smallest absolute Gasteiger partial charge is 0.342 e. The third kappa shape index (κ3) is 4.47. The van der Waals surface area contributed by atoms with Gasteiger partial charge in [0.1, 0.15) is 17.1 Å². The first-order chi connectivity index (χ1) is 11.0. The Morgan fingerprint density at radius 1 is 1.13 bits per heavy atom. The van der Waals surface area contributed by atoms with Crippen molar-refractivity contribution in [1.82, 2.24) is 0 Å². The van der Waals surface area contributed by atoms with Gasteiger partial charge in [-0.1, -0.05) is 6.07 Å². The molecule has 0 unspecified atom stereocenters. The third-order valence-corrected chi connectivity index (χ3v) is 3.08. The quantitative estimate of drug-likeness (QED) is 0.828. The molecule has 0 radical (unpaired) electrons. The molecule has 0 bridgehead atoms. The van der Waals surface area contributed by atoms with Crippen molar-refractivity contribution in [2.75, 3.05) is 19.0 Å². The van der Waals surface area contributed by atoms with E-state index in [1.54, 1.807) is 44.4 Å². The number of nitrogens with one attached hydrogen (secondary N) is 1. The Kier molecular flexibility index (Phi) is 5.19. The summed E-state index contributed by atoms with van der Waals surface area (Å²) in [6, 6.07) is 11.3. The zero-order chi connectivity index (χ0) is 16.8. The van der Waals surface area contributed by atoms with E-state index < -0.39 is 18.5 Å². The lowest BCUT2D eigenvalue weighted by Crippen LogP contribution is -2.21. The van der Waals surface area contributed by atoms with E-state index in [9.17, 15) is 14.7 Å². The number of phenolic OH excluding ortho intramolecular Hbond substituents is 1. The Labute approximate surface area is 133 Å². The topological polar surface area (TPSA) is 84.9 Å². The van der Waals surface area contributed by atoms with Crippen LogP contribution in [0.1, 0.15) is 15.9 Å². The maximum atomic E-state index is 11.8. The number of anilines is 1. The van der Waals surface area contributed by atoms with Crippen LogP contribution in [0.15, 0.2) is 42.5 Å². The number of ether oxygens (including phenoxy) is 2. The first-order valence-electron chi connectivity index (χ1n) is 6.90. The molecule has 0 heterocycles. The van der Waals surface area contributed by atoms with Crippen molar-refractivity contribution in [2.45, 2.75) is 6.92 Å². The molecule has 23 heavy (non-hydrogen) atoms. The summed E-state index contributed by atoms with van der Waals surface area (Å²) in [5.41, 5.74) is 1.40. The zero-order valence-corrected chi connectivity index (χ0v) is 12.8. The summed E-state index contributed by atoms with van der Waals surface area (Å²) in [4.78, 5) is 23.6. The number of hydrogen-bond acceptors (Lipinski definition) is 5. The van der Waals surface area contributed by atoms with Crippen LogP contribution in [-0.4, -0.2) is 30.7 Å². The van der Waals surface area contributed by atoms with Crippen LogP contribution in [0.2, 0.25) is 0 Å².